The molecule has 1 fully saturated rings. The van der Waals surface area contributed by atoms with Crippen LogP contribution < -0.4 is 11.0 Å². The molecule has 3 aromatic heterocycles. The van der Waals surface area contributed by atoms with Gasteiger partial charge >= 0.3 is 5.69 Å². The minimum atomic E-state index is -0.634. The van der Waals surface area contributed by atoms with Crippen LogP contribution in [0.4, 0.5) is 5.82 Å². The smallest absolute Gasteiger partial charge is 0.333 e. The SMILES string of the molecule is Cn1c(=O)n(-c2ccc(C(C)(C)C#N)cc2)c2c3cc(-c4ccc(NC(=O)C5CCOCC5)nc4)ccc3ncc21. The second-order valence-corrected chi connectivity index (χ2v) is 11.0. The molecule has 206 valence electrons. The van der Waals surface area contributed by atoms with E-state index in [2.05, 4.69) is 21.4 Å². The van der Waals surface area contributed by atoms with E-state index in [1.54, 1.807) is 34.6 Å². The van der Waals surface area contributed by atoms with Crippen LogP contribution in [0.25, 0.3) is 38.8 Å². The number of pyridine rings is 2. The fourth-order valence-electron chi connectivity index (χ4n) is 5.33. The standard InChI is InChI=1S/C32H30N6O3/c1-32(2,19-33)23-6-8-24(9-7-23)38-29-25-16-21(4-10-26(25)34-18-27(29)37(3)31(38)40)22-5-11-28(35-17-22)36-30(39)20-12-14-41-15-13-20/h4-11,16-18,20H,12-15H2,1-3H3,(H,35,36,39). The van der Waals surface area contributed by atoms with Gasteiger partial charge < -0.3 is 10.1 Å². The fraction of sp³-hybridized carbons (Fsp3) is 0.281. The van der Waals surface area contributed by atoms with Crippen LogP contribution in [0.5, 0.6) is 0 Å². The maximum atomic E-state index is 13.5. The van der Waals surface area contributed by atoms with Crippen LogP contribution in [-0.4, -0.2) is 38.2 Å². The zero-order chi connectivity index (χ0) is 28.7. The van der Waals surface area contributed by atoms with Gasteiger partial charge in [-0.15, -0.1) is 0 Å². The van der Waals surface area contributed by atoms with Crippen molar-refractivity contribution in [3.8, 4) is 22.9 Å². The minimum Gasteiger partial charge on any atom is -0.381 e. The number of benzene rings is 2. The van der Waals surface area contributed by atoms with E-state index >= 15 is 0 Å². The Kier molecular flexibility index (Phi) is 6.64. The Labute approximate surface area is 237 Å². The van der Waals surface area contributed by atoms with E-state index in [1.807, 2.05) is 62.4 Å². The number of carbonyl (C=O) groups excluding carboxylic acids is 1. The van der Waals surface area contributed by atoms with Gasteiger partial charge in [-0.2, -0.15) is 5.26 Å². The summed E-state index contributed by atoms with van der Waals surface area (Å²) in [6.07, 6.45) is 4.90. The molecule has 1 amide bonds. The molecule has 1 N–H and O–H groups in total. The summed E-state index contributed by atoms with van der Waals surface area (Å²) in [4.78, 5) is 35.2. The minimum absolute atomic E-state index is 0.0287. The Morgan fingerprint density at radius 2 is 1.76 bits per heavy atom. The zero-order valence-electron chi connectivity index (χ0n) is 23.2. The number of aromatic nitrogens is 4. The molecule has 6 rings (SSSR count). The van der Waals surface area contributed by atoms with Gasteiger partial charge in [-0.3, -0.25) is 18.9 Å². The Morgan fingerprint density at radius 1 is 1.02 bits per heavy atom. The van der Waals surface area contributed by atoms with Gasteiger partial charge in [-0.25, -0.2) is 9.78 Å². The van der Waals surface area contributed by atoms with E-state index < -0.39 is 5.41 Å². The molecule has 2 aromatic carbocycles. The summed E-state index contributed by atoms with van der Waals surface area (Å²) in [6.45, 7) is 4.95. The largest absolute Gasteiger partial charge is 0.381 e. The number of hydrogen-bond acceptors (Lipinski definition) is 6. The lowest BCUT2D eigenvalue weighted by atomic mass is 9.86. The lowest BCUT2D eigenvalue weighted by molar-refractivity contribution is -0.122. The summed E-state index contributed by atoms with van der Waals surface area (Å²) >= 11 is 0. The number of nitriles is 1. The van der Waals surface area contributed by atoms with Crippen molar-refractivity contribution in [3.63, 3.8) is 0 Å². The van der Waals surface area contributed by atoms with Crippen LogP contribution in [0.1, 0.15) is 32.3 Å². The first kappa shape index (κ1) is 26.4. The predicted octanol–water partition coefficient (Wildman–Crippen LogP) is 5.11. The van der Waals surface area contributed by atoms with Gasteiger partial charge in [0, 0.05) is 43.3 Å². The zero-order valence-corrected chi connectivity index (χ0v) is 23.2. The molecule has 0 saturated carbocycles. The Hall–Kier alpha value is -4.81. The lowest BCUT2D eigenvalue weighted by Crippen LogP contribution is -2.28. The van der Waals surface area contributed by atoms with Crippen molar-refractivity contribution in [2.24, 2.45) is 13.0 Å². The van der Waals surface area contributed by atoms with Gasteiger partial charge in [0.1, 0.15) is 5.82 Å². The third-order valence-corrected chi connectivity index (χ3v) is 7.95. The maximum Gasteiger partial charge on any atom is 0.333 e. The normalized spacial score (nSPS) is 14.3. The van der Waals surface area contributed by atoms with E-state index in [4.69, 9.17) is 4.74 Å². The van der Waals surface area contributed by atoms with Gasteiger partial charge in [-0.1, -0.05) is 18.2 Å². The molecule has 41 heavy (non-hydrogen) atoms. The van der Waals surface area contributed by atoms with Crippen molar-refractivity contribution in [1.82, 2.24) is 19.1 Å². The summed E-state index contributed by atoms with van der Waals surface area (Å²) < 4.78 is 8.64. The number of imidazole rings is 1. The molecular weight excluding hydrogens is 516 g/mol. The van der Waals surface area contributed by atoms with E-state index in [-0.39, 0.29) is 17.5 Å². The number of nitrogens with zero attached hydrogens (tertiary/aromatic N) is 5. The average molecular weight is 547 g/mol. The molecule has 9 heteroatoms. The summed E-state index contributed by atoms with van der Waals surface area (Å²) in [5, 5.41) is 13.3. The molecule has 1 saturated heterocycles. The summed E-state index contributed by atoms with van der Waals surface area (Å²) in [5.74, 6) is 0.423. The lowest BCUT2D eigenvalue weighted by Gasteiger charge is -2.20. The highest BCUT2D eigenvalue weighted by molar-refractivity contribution is 6.04. The molecule has 0 atom stereocenters. The monoisotopic (exact) mass is 546 g/mol. The van der Waals surface area contributed by atoms with Crippen LogP contribution in [0, 0.1) is 17.2 Å². The van der Waals surface area contributed by atoms with E-state index in [9.17, 15) is 14.9 Å². The van der Waals surface area contributed by atoms with Crippen molar-refractivity contribution in [2.45, 2.75) is 32.1 Å². The van der Waals surface area contributed by atoms with Gasteiger partial charge in [0.05, 0.1) is 39.9 Å². The molecule has 1 aliphatic heterocycles. The summed E-state index contributed by atoms with van der Waals surface area (Å²) in [5.41, 5.74) is 4.79. The Balaban J connectivity index is 1.39. The number of carbonyl (C=O) groups is 1. The van der Waals surface area contributed by atoms with Crippen molar-refractivity contribution >= 4 is 33.7 Å². The molecule has 0 radical (unpaired) electrons. The number of rotatable bonds is 5. The van der Waals surface area contributed by atoms with Crippen LogP contribution in [0.3, 0.4) is 0 Å². The topological polar surface area (TPSA) is 115 Å². The van der Waals surface area contributed by atoms with Gasteiger partial charge in [-0.05, 0) is 74.2 Å². The van der Waals surface area contributed by atoms with Crippen LogP contribution in [-0.2, 0) is 22.0 Å². The highest BCUT2D eigenvalue weighted by atomic mass is 16.5. The second kappa shape index (κ2) is 10.3. The summed E-state index contributed by atoms with van der Waals surface area (Å²) in [6, 6.07) is 19.5. The van der Waals surface area contributed by atoms with Crippen molar-refractivity contribution in [3.05, 3.63) is 83.0 Å². The highest BCUT2D eigenvalue weighted by Gasteiger charge is 2.23. The molecule has 5 aromatic rings. The Bertz CT molecular complexity index is 1870. The first-order valence-electron chi connectivity index (χ1n) is 13.6. The number of anilines is 1. The van der Waals surface area contributed by atoms with E-state index in [1.165, 1.54) is 0 Å². The number of nitrogens with one attached hydrogen (secondary N) is 1. The average Bonchev–Trinajstić information content (AvgIpc) is 3.27. The molecule has 9 nitrogen and oxygen atoms in total. The molecule has 0 spiro atoms. The van der Waals surface area contributed by atoms with E-state index in [0.717, 1.165) is 46.0 Å². The fourth-order valence-corrected chi connectivity index (χ4v) is 5.33. The molecule has 0 unspecified atom stereocenters. The maximum absolute atomic E-state index is 13.5. The van der Waals surface area contributed by atoms with Gasteiger partial charge in [0.15, 0.2) is 0 Å². The first-order valence-corrected chi connectivity index (χ1v) is 13.6. The van der Waals surface area contributed by atoms with Crippen molar-refractivity contribution in [1.29, 1.82) is 5.26 Å². The molecule has 0 bridgehead atoms. The number of amides is 1. The van der Waals surface area contributed by atoms with Gasteiger partial charge in [0.2, 0.25) is 5.91 Å². The quantitative estimate of drug-likeness (QED) is 0.328. The van der Waals surface area contributed by atoms with Crippen molar-refractivity contribution < 1.29 is 9.53 Å². The number of fused-ring (bicyclic) bond motifs is 3. The molecule has 4 heterocycles. The molecular formula is C32H30N6O3. The third kappa shape index (κ3) is 4.77. The predicted molar refractivity (Wildman–Crippen MR) is 158 cm³/mol. The van der Waals surface area contributed by atoms with E-state index in [0.29, 0.717) is 30.2 Å². The highest BCUT2D eigenvalue weighted by Crippen LogP contribution is 2.31. The van der Waals surface area contributed by atoms with Crippen molar-refractivity contribution in [2.75, 3.05) is 18.5 Å². The first-order chi connectivity index (χ1) is 19.8. The number of hydrogen-bond donors (Lipinski definition) is 1. The number of aryl methyl sites for hydroxylation is 1. The summed E-state index contributed by atoms with van der Waals surface area (Å²) in [7, 11) is 1.74. The molecule has 0 aliphatic carbocycles. The Morgan fingerprint density at radius 3 is 2.44 bits per heavy atom. The second-order valence-electron chi connectivity index (χ2n) is 11.0. The molecule has 1 aliphatic rings. The van der Waals surface area contributed by atoms with Gasteiger partial charge in [0.25, 0.3) is 0 Å². The van der Waals surface area contributed by atoms with Crippen LogP contribution >= 0.6 is 0 Å². The number of ether oxygens (including phenoxy) is 1. The van der Waals surface area contributed by atoms with Crippen LogP contribution in [0.2, 0.25) is 0 Å². The third-order valence-electron chi connectivity index (χ3n) is 7.95. The van der Waals surface area contributed by atoms with Crippen LogP contribution in [0.15, 0.2) is 71.8 Å².